The molecule has 4 heteroatoms. The van der Waals surface area contributed by atoms with Crippen LogP contribution in [0.15, 0.2) is 30.3 Å². The van der Waals surface area contributed by atoms with Crippen LogP contribution in [0, 0.1) is 0 Å². The van der Waals surface area contributed by atoms with E-state index in [1.807, 2.05) is 13.0 Å². The van der Waals surface area contributed by atoms with Gasteiger partial charge in [-0.05, 0) is 24.6 Å². The fourth-order valence-electron chi connectivity index (χ4n) is 1.20. The molecule has 4 nitrogen and oxygen atoms in total. The fraction of sp³-hybridized carbons (Fsp3) is 0.231. The molecule has 0 bridgehead atoms. The molecule has 0 amide bonds. The molecule has 0 atom stereocenters. The lowest BCUT2D eigenvalue weighted by Crippen LogP contribution is -2.08. The number of aliphatic carboxylic acids is 1. The van der Waals surface area contributed by atoms with Gasteiger partial charge >= 0.3 is 5.97 Å². The summed E-state index contributed by atoms with van der Waals surface area (Å²) in [6, 6.07) is 7.16. The van der Waals surface area contributed by atoms with Crippen molar-refractivity contribution >= 4 is 17.8 Å². The van der Waals surface area contributed by atoms with E-state index in [4.69, 9.17) is 9.84 Å². The van der Waals surface area contributed by atoms with Crippen LogP contribution < -0.4 is 4.74 Å². The van der Waals surface area contributed by atoms with E-state index in [0.29, 0.717) is 17.9 Å². The summed E-state index contributed by atoms with van der Waals surface area (Å²) in [6.45, 7) is 2.57. The minimum atomic E-state index is -1.46. The first-order valence-corrected chi connectivity index (χ1v) is 5.32. The van der Waals surface area contributed by atoms with E-state index in [1.54, 1.807) is 18.2 Å². The van der Waals surface area contributed by atoms with Crippen LogP contribution >= 0.6 is 0 Å². The number of para-hydroxylation sites is 1. The third-order valence-corrected chi connectivity index (χ3v) is 2.01. The predicted molar refractivity (Wildman–Crippen MR) is 63.9 cm³/mol. The largest absolute Gasteiger partial charge is 0.493 e. The zero-order valence-corrected chi connectivity index (χ0v) is 9.55. The van der Waals surface area contributed by atoms with Gasteiger partial charge in [-0.15, -0.1) is 0 Å². The smallest absolute Gasteiger partial charge is 0.376 e. The van der Waals surface area contributed by atoms with E-state index in [-0.39, 0.29) is 0 Å². The van der Waals surface area contributed by atoms with E-state index in [9.17, 15) is 9.59 Å². The van der Waals surface area contributed by atoms with Gasteiger partial charge in [-0.3, -0.25) is 4.79 Å². The third-order valence-electron chi connectivity index (χ3n) is 2.01. The summed E-state index contributed by atoms with van der Waals surface area (Å²) in [5.41, 5.74) is 0.690. The lowest BCUT2D eigenvalue weighted by atomic mass is 10.1. The molecule has 1 aromatic rings. The first-order valence-electron chi connectivity index (χ1n) is 5.32. The number of hydrogen-bond donors (Lipinski definition) is 1. The Morgan fingerprint density at radius 3 is 2.71 bits per heavy atom. The van der Waals surface area contributed by atoms with Crippen molar-refractivity contribution < 1.29 is 19.4 Å². The van der Waals surface area contributed by atoms with Crippen LogP contribution in [-0.2, 0) is 9.59 Å². The van der Waals surface area contributed by atoms with Crippen molar-refractivity contribution in [3.63, 3.8) is 0 Å². The second-order valence-electron chi connectivity index (χ2n) is 3.39. The maximum absolute atomic E-state index is 10.9. The number of ketones is 1. The minimum absolute atomic E-state index is 0.581. The molecule has 1 rings (SSSR count). The number of carbonyl (C=O) groups is 2. The van der Waals surface area contributed by atoms with E-state index >= 15 is 0 Å². The molecular weight excluding hydrogens is 220 g/mol. The topological polar surface area (TPSA) is 63.6 Å². The highest BCUT2D eigenvalue weighted by atomic mass is 16.5. The Morgan fingerprint density at radius 1 is 1.35 bits per heavy atom. The van der Waals surface area contributed by atoms with Gasteiger partial charge in [0.2, 0.25) is 0 Å². The molecule has 0 aliphatic carbocycles. The first kappa shape index (κ1) is 13.0. The maximum Gasteiger partial charge on any atom is 0.376 e. The Kier molecular flexibility index (Phi) is 4.94. The average Bonchev–Trinajstić information content (AvgIpc) is 2.34. The number of rotatable bonds is 6. The van der Waals surface area contributed by atoms with Crippen molar-refractivity contribution in [2.24, 2.45) is 0 Å². The van der Waals surface area contributed by atoms with Crippen LogP contribution in [0.25, 0.3) is 6.08 Å². The van der Waals surface area contributed by atoms with Gasteiger partial charge in [0.25, 0.3) is 5.78 Å². The summed E-state index contributed by atoms with van der Waals surface area (Å²) < 4.78 is 5.47. The lowest BCUT2D eigenvalue weighted by Gasteiger charge is -2.07. The SMILES string of the molecule is CCCOc1ccccc1/C=C/C(=O)C(=O)O. The van der Waals surface area contributed by atoms with Gasteiger partial charge in [0.1, 0.15) is 5.75 Å². The molecule has 17 heavy (non-hydrogen) atoms. The molecule has 0 saturated heterocycles. The van der Waals surface area contributed by atoms with Crippen molar-refractivity contribution in [3.8, 4) is 5.75 Å². The number of ether oxygens (including phenoxy) is 1. The summed E-state index contributed by atoms with van der Waals surface area (Å²) in [4.78, 5) is 21.3. The molecule has 0 heterocycles. The van der Waals surface area contributed by atoms with Gasteiger partial charge in [-0.2, -0.15) is 0 Å². The van der Waals surface area contributed by atoms with Crippen LogP contribution in [0.5, 0.6) is 5.75 Å². The summed E-state index contributed by atoms with van der Waals surface area (Å²) in [5.74, 6) is -1.77. The molecule has 0 radical (unpaired) electrons. The lowest BCUT2D eigenvalue weighted by molar-refractivity contribution is -0.146. The Labute approximate surface area is 99.5 Å². The number of carboxylic acid groups (broad SMARTS) is 1. The summed E-state index contributed by atoms with van der Waals surface area (Å²) in [6.07, 6.45) is 3.35. The molecule has 0 aromatic heterocycles. The van der Waals surface area contributed by atoms with Crippen LogP contribution in [0.2, 0.25) is 0 Å². The number of hydrogen-bond acceptors (Lipinski definition) is 3. The second kappa shape index (κ2) is 6.48. The Balaban J connectivity index is 2.82. The normalized spacial score (nSPS) is 10.4. The van der Waals surface area contributed by atoms with E-state index < -0.39 is 11.8 Å². The Morgan fingerprint density at radius 2 is 2.06 bits per heavy atom. The zero-order valence-electron chi connectivity index (χ0n) is 9.55. The van der Waals surface area contributed by atoms with E-state index in [0.717, 1.165) is 12.5 Å². The summed E-state index contributed by atoms with van der Waals surface area (Å²) in [5, 5.41) is 8.44. The van der Waals surface area contributed by atoms with Crippen molar-refractivity contribution in [2.45, 2.75) is 13.3 Å². The van der Waals surface area contributed by atoms with Crippen LogP contribution in [0.1, 0.15) is 18.9 Å². The number of carboxylic acids is 1. The monoisotopic (exact) mass is 234 g/mol. The molecule has 1 aromatic carbocycles. The van der Waals surface area contributed by atoms with Gasteiger partial charge in [0, 0.05) is 5.56 Å². The van der Waals surface area contributed by atoms with E-state index in [1.165, 1.54) is 6.08 Å². The summed E-state index contributed by atoms with van der Waals surface area (Å²) >= 11 is 0. The Hall–Kier alpha value is -2.10. The van der Waals surface area contributed by atoms with Gasteiger partial charge in [-0.25, -0.2) is 4.79 Å². The second-order valence-corrected chi connectivity index (χ2v) is 3.39. The third kappa shape index (κ3) is 4.10. The summed E-state index contributed by atoms with van der Waals surface area (Å²) in [7, 11) is 0. The molecule has 1 N–H and O–H groups in total. The highest BCUT2D eigenvalue weighted by Gasteiger charge is 2.06. The fourth-order valence-corrected chi connectivity index (χ4v) is 1.20. The molecule has 0 unspecified atom stereocenters. The van der Waals surface area contributed by atoms with E-state index in [2.05, 4.69) is 0 Å². The van der Waals surface area contributed by atoms with Gasteiger partial charge in [-0.1, -0.05) is 25.1 Å². The average molecular weight is 234 g/mol. The van der Waals surface area contributed by atoms with Gasteiger partial charge in [0.05, 0.1) is 6.61 Å². The quantitative estimate of drug-likeness (QED) is 0.605. The van der Waals surface area contributed by atoms with Crippen molar-refractivity contribution in [3.05, 3.63) is 35.9 Å². The Bertz CT molecular complexity index is 435. The number of benzene rings is 1. The zero-order chi connectivity index (χ0) is 12.7. The predicted octanol–water partition coefficient (Wildman–Crippen LogP) is 2.14. The van der Waals surface area contributed by atoms with Gasteiger partial charge in [0.15, 0.2) is 0 Å². The van der Waals surface area contributed by atoms with Crippen LogP contribution in [0.3, 0.4) is 0 Å². The number of carbonyl (C=O) groups excluding carboxylic acids is 1. The molecule has 90 valence electrons. The first-order chi connectivity index (χ1) is 8.15. The highest BCUT2D eigenvalue weighted by molar-refractivity contribution is 6.38. The van der Waals surface area contributed by atoms with Crippen molar-refractivity contribution in [2.75, 3.05) is 6.61 Å². The molecular formula is C13H14O4. The molecule has 0 saturated carbocycles. The maximum atomic E-state index is 10.9. The molecule has 0 aliphatic rings. The van der Waals surface area contributed by atoms with Crippen molar-refractivity contribution in [1.82, 2.24) is 0 Å². The highest BCUT2D eigenvalue weighted by Crippen LogP contribution is 2.19. The van der Waals surface area contributed by atoms with Crippen LogP contribution in [-0.4, -0.2) is 23.5 Å². The molecule has 0 aliphatic heterocycles. The minimum Gasteiger partial charge on any atom is -0.493 e. The van der Waals surface area contributed by atoms with Crippen molar-refractivity contribution in [1.29, 1.82) is 0 Å². The standard InChI is InChI=1S/C13H14O4/c1-2-9-17-12-6-4-3-5-10(12)7-8-11(14)13(15)16/h3-8H,2,9H2,1H3,(H,15,16)/b8-7+. The molecule has 0 fully saturated rings. The molecule has 0 spiro atoms. The van der Waals surface area contributed by atoms with Crippen LogP contribution in [0.4, 0.5) is 0 Å². The van der Waals surface area contributed by atoms with Gasteiger partial charge < -0.3 is 9.84 Å².